The molecule has 112 valence electrons. The van der Waals surface area contributed by atoms with Crippen LogP contribution in [0.15, 0.2) is 48.5 Å². The normalized spacial score (nSPS) is 12.1. The predicted molar refractivity (Wildman–Crippen MR) is 82.5 cm³/mol. The van der Waals surface area contributed by atoms with Crippen LogP contribution in [0.25, 0.3) is 0 Å². The van der Waals surface area contributed by atoms with Crippen molar-refractivity contribution >= 4 is 0 Å². The van der Waals surface area contributed by atoms with E-state index in [0.717, 1.165) is 12.0 Å². The maximum Gasteiger partial charge on any atom is 0.120 e. The summed E-state index contributed by atoms with van der Waals surface area (Å²) in [6.45, 7) is 0.515. The summed E-state index contributed by atoms with van der Waals surface area (Å²) in [5.41, 5.74) is 1.92. The first kappa shape index (κ1) is 15.4. The number of ether oxygens (including phenoxy) is 1. The highest BCUT2D eigenvalue weighted by Gasteiger charge is 2.10. The van der Waals surface area contributed by atoms with Crippen LogP contribution in [-0.2, 0) is 13.0 Å². The molecule has 0 spiro atoms. The van der Waals surface area contributed by atoms with Gasteiger partial charge >= 0.3 is 0 Å². The molecule has 1 atom stereocenters. The molecule has 0 saturated heterocycles. The monoisotopic (exact) mass is 287 g/mol. The van der Waals surface area contributed by atoms with Crippen LogP contribution in [0.4, 0.5) is 0 Å². The second kappa shape index (κ2) is 7.67. The summed E-state index contributed by atoms with van der Waals surface area (Å²) < 4.78 is 5.15. The molecular formula is C17H21NO3. The Morgan fingerprint density at radius 2 is 1.90 bits per heavy atom. The highest BCUT2D eigenvalue weighted by atomic mass is 16.5. The van der Waals surface area contributed by atoms with Crippen LogP contribution < -0.4 is 10.1 Å². The van der Waals surface area contributed by atoms with Gasteiger partial charge in [0.2, 0.25) is 0 Å². The first-order valence-electron chi connectivity index (χ1n) is 6.97. The molecule has 2 aromatic carbocycles. The Hall–Kier alpha value is -2.04. The molecule has 2 rings (SSSR count). The number of aromatic hydroxyl groups is 1. The van der Waals surface area contributed by atoms with E-state index in [1.807, 2.05) is 30.3 Å². The Balaban J connectivity index is 1.97. The van der Waals surface area contributed by atoms with Gasteiger partial charge in [0.05, 0.1) is 13.7 Å². The summed E-state index contributed by atoms with van der Waals surface area (Å²) >= 11 is 0. The van der Waals surface area contributed by atoms with Crippen molar-refractivity contribution < 1.29 is 14.9 Å². The van der Waals surface area contributed by atoms with E-state index in [1.165, 1.54) is 5.56 Å². The van der Waals surface area contributed by atoms with Gasteiger partial charge in [0, 0.05) is 18.2 Å². The van der Waals surface area contributed by atoms with E-state index in [0.29, 0.717) is 12.3 Å². The fourth-order valence-corrected chi connectivity index (χ4v) is 2.18. The lowest BCUT2D eigenvalue weighted by Crippen LogP contribution is -2.34. The molecule has 2 aromatic rings. The summed E-state index contributed by atoms with van der Waals surface area (Å²) in [6.07, 6.45) is 0.738. The summed E-state index contributed by atoms with van der Waals surface area (Å²) in [7, 11) is 1.59. The quantitative estimate of drug-likeness (QED) is 0.730. The van der Waals surface area contributed by atoms with Crippen LogP contribution >= 0.6 is 0 Å². The number of benzene rings is 2. The number of aliphatic hydroxyl groups excluding tert-OH is 1. The van der Waals surface area contributed by atoms with Crippen LogP contribution in [0.5, 0.6) is 11.5 Å². The Bertz CT molecular complexity index is 557. The molecule has 0 aliphatic heterocycles. The van der Waals surface area contributed by atoms with Crippen molar-refractivity contribution in [2.24, 2.45) is 0 Å². The number of nitrogens with one attached hydrogen (secondary N) is 1. The van der Waals surface area contributed by atoms with Crippen LogP contribution in [0.3, 0.4) is 0 Å². The fourth-order valence-electron chi connectivity index (χ4n) is 2.18. The molecule has 0 aliphatic rings. The van der Waals surface area contributed by atoms with Crippen molar-refractivity contribution in [2.75, 3.05) is 13.7 Å². The molecule has 0 fully saturated rings. The predicted octanol–water partition coefficient (Wildman–Crippen LogP) is 2.09. The van der Waals surface area contributed by atoms with Crippen LogP contribution in [0.2, 0.25) is 0 Å². The van der Waals surface area contributed by atoms with E-state index >= 15 is 0 Å². The Morgan fingerprint density at radius 3 is 2.57 bits per heavy atom. The number of methoxy groups -OCH3 is 1. The van der Waals surface area contributed by atoms with E-state index in [4.69, 9.17) is 4.74 Å². The molecule has 4 nitrogen and oxygen atoms in total. The van der Waals surface area contributed by atoms with Crippen LogP contribution in [0, 0.1) is 0 Å². The third kappa shape index (κ3) is 4.48. The van der Waals surface area contributed by atoms with Crippen molar-refractivity contribution in [3.8, 4) is 11.5 Å². The Kier molecular flexibility index (Phi) is 5.60. The molecular weight excluding hydrogens is 266 g/mol. The average molecular weight is 287 g/mol. The van der Waals surface area contributed by atoms with Gasteiger partial charge in [-0.05, 0) is 30.2 Å². The van der Waals surface area contributed by atoms with Crippen LogP contribution in [-0.4, -0.2) is 30.0 Å². The van der Waals surface area contributed by atoms with Crippen LogP contribution in [0.1, 0.15) is 11.1 Å². The molecule has 0 radical (unpaired) electrons. The van der Waals surface area contributed by atoms with Crippen molar-refractivity contribution in [1.29, 1.82) is 0 Å². The lowest BCUT2D eigenvalue weighted by atomic mass is 10.1. The molecule has 0 aliphatic carbocycles. The van der Waals surface area contributed by atoms with Crippen molar-refractivity contribution in [3.05, 3.63) is 59.7 Å². The van der Waals surface area contributed by atoms with Gasteiger partial charge in [0.15, 0.2) is 0 Å². The number of hydrogen-bond donors (Lipinski definition) is 3. The first-order chi connectivity index (χ1) is 10.2. The summed E-state index contributed by atoms with van der Waals surface area (Å²) in [5, 5.41) is 22.6. The van der Waals surface area contributed by atoms with Gasteiger partial charge in [-0.3, -0.25) is 0 Å². The van der Waals surface area contributed by atoms with Crippen molar-refractivity contribution in [2.45, 2.75) is 19.0 Å². The zero-order valence-electron chi connectivity index (χ0n) is 12.1. The Morgan fingerprint density at radius 1 is 1.14 bits per heavy atom. The van der Waals surface area contributed by atoms with Gasteiger partial charge < -0.3 is 20.3 Å². The highest BCUT2D eigenvalue weighted by Crippen LogP contribution is 2.22. The largest absolute Gasteiger partial charge is 0.508 e. The van der Waals surface area contributed by atoms with Gasteiger partial charge in [-0.25, -0.2) is 0 Å². The third-order valence-electron chi connectivity index (χ3n) is 3.41. The van der Waals surface area contributed by atoms with Gasteiger partial charge in [-0.1, -0.05) is 30.3 Å². The molecule has 0 amide bonds. The number of phenols is 1. The van der Waals surface area contributed by atoms with E-state index in [9.17, 15) is 10.2 Å². The lowest BCUT2D eigenvalue weighted by Gasteiger charge is -2.17. The zero-order chi connectivity index (χ0) is 15.1. The highest BCUT2D eigenvalue weighted by molar-refractivity contribution is 5.39. The minimum absolute atomic E-state index is 0.0413. The van der Waals surface area contributed by atoms with E-state index in [-0.39, 0.29) is 18.4 Å². The second-order valence-corrected chi connectivity index (χ2v) is 4.94. The summed E-state index contributed by atoms with van der Waals surface area (Å²) in [4.78, 5) is 0. The molecule has 0 heterocycles. The summed E-state index contributed by atoms with van der Waals surface area (Å²) in [5.74, 6) is 0.924. The van der Waals surface area contributed by atoms with Gasteiger partial charge in [-0.15, -0.1) is 0 Å². The minimum Gasteiger partial charge on any atom is -0.508 e. The molecule has 0 bridgehead atoms. The molecule has 0 aromatic heterocycles. The maximum absolute atomic E-state index is 9.85. The summed E-state index contributed by atoms with van der Waals surface area (Å²) in [6, 6.07) is 15.1. The van der Waals surface area contributed by atoms with E-state index < -0.39 is 0 Å². The molecule has 21 heavy (non-hydrogen) atoms. The molecule has 4 heteroatoms. The van der Waals surface area contributed by atoms with E-state index in [2.05, 4.69) is 5.32 Å². The lowest BCUT2D eigenvalue weighted by molar-refractivity contribution is 0.240. The number of rotatable bonds is 7. The standard InChI is InChI=1S/C17H21NO3/c1-21-16-7-8-17(20)14(10-16)11-18-15(12-19)9-13-5-3-2-4-6-13/h2-8,10,15,18-20H,9,11-12H2,1H3/t15-/m0/s1. The average Bonchev–Trinajstić information content (AvgIpc) is 2.53. The number of hydrogen-bond acceptors (Lipinski definition) is 4. The smallest absolute Gasteiger partial charge is 0.120 e. The molecule has 0 saturated carbocycles. The van der Waals surface area contributed by atoms with Crippen molar-refractivity contribution in [3.63, 3.8) is 0 Å². The molecule has 0 unspecified atom stereocenters. The fraction of sp³-hybridized carbons (Fsp3) is 0.294. The van der Waals surface area contributed by atoms with Gasteiger partial charge in [0.25, 0.3) is 0 Å². The first-order valence-corrected chi connectivity index (χ1v) is 6.97. The Labute approximate surface area is 125 Å². The minimum atomic E-state index is -0.0574. The number of phenolic OH excluding ortho intramolecular Hbond substituents is 1. The SMILES string of the molecule is COc1ccc(O)c(CN[C@H](CO)Cc2ccccc2)c1. The third-order valence-corrected chi connectivity index (χ3v) is 3.41. The maximum atomic E-state index is 9.85. The number of aliphatic hydroxyl groups is 1. The van der Waals surface area contributed by atoms with Crippen molar-refractivity contribution in [1.82, 2.24) is 5.32 Å². The molecule has 3 N–H and O–H groups in total. The second-order valence-electron chi connectivity index (χ2n) is 4.94. The van der Waals surface area contributed by atoms with Gasteiger partial charge in [0.1, 0.15) is 11.5 Å². The van der Waals surface area contributed by atoms with Gasteiger partial charge in [-0.2, -0.15) is 0 Å². The topological polar surface area (TPSA) is 61.7 Å². The van der Waals surface area contributed by atoms with E-state index in [1.54, 1.807) is 25.3 Å². The zero-order valence-corrected chi connectivity index (χ0v) is 12.1.